The van der Waals surface area contributed by atoms with Crippen molar-refractivity contribution in [3.63, 3.8) is 0 Å². The van der Waals surface area contributed by atoms with Crippen molar-refractivity contribution < 1.29 is 14.6 Å². The molecule has 0 aliphatic rings. The van der Waals surface area contributed by atoms with Gasteiger partial charge in [-0.25, -0.2) is 0 Å². The maximum absolute atomic E-state index is 10.6. The first kappa shape index (κ1) is 15.0. The van der Waals surface area contributed by atoms with Gasteiger partial charge in [0.15, 0.2) is 0 Å². The second kappa shape index (κ2) is 6.35. The van der Waals surface area contributed by atoms with E-state index in [-0.39, 0.29) is 0 Å². The molecule has 0 heterocycles. The predicted molar refractivity (Wildman–Crippen MR) is 80.1 cm³/mol. The fraction of sp³-hybridized carbons (Fsp3) is 0.200. The Morgan fingerprint density at radius 2 is 1.60 bits per heavy atom. The van der Waals surface area contributed by atoms with Gasteiger partial charge in [0.25, 0.3) is 0 Å². The number of hydrogen-bond acceptors (Lipinski definition) is 3. The van der Waals surface area contributed by atoms with E-state index in [1.165, 1.54) is 14.2 Å². The zero-order chi connectivity index (χ0) is 14.7. The molecule has 5 heteroatoms. The fourth-order valence-electron chi connectivity index (χ4n) is 2.03. The van der Waals surface area contributed by atoms with E-state index in [1.54, 1.807) is 36.4 Å². The molecular formula is C15H14Cl2O3. The van der Waals surface area contributed by atoms with Crippen molar-refractivity contribution >= 4 is 23.2 Å². The first-order valence-electron chi connectivity index (χ1n) is 5.92. The third-order valence-electron chi connectivity index (χ3n) is 3.00. The fourth-order valence-corrected chi connectivity index (χ4v) is 2.54. The molecule has 0 amide bonds. The van der Waals surface area contributed by atoms with Crippen molar-refractivity contribution in [3.05, 3.63) is 57.6 Å². The molecule has 20 heavy (non-hydrogen) atoms. The minimum Gasteiger partial charge on any atom is -0.496 e. The molecule has 1 N–H and O–H groups in total. The molecule has 1 unspecified atom stereocenters. The number of rotatable bonds is 4. The van der Waals surface area contributed by atoms with Crippen molar-refractivity contribution in [2.75, 3.05) is 14.2 Å². The smallest absolute Gasteiger partial charge is 0.128 e. The summed E-state index contributed by atoms with van der Waals surface area (Å²) in [5.41, 5.74) is 1.07. The molecule has 0 radical (unpaired) electrons. The summed E-state index contributed by atoms with van der Waals surface area (Å²) in [6, 6.07) is 10.2. The quantitative estimate of drug-likeness (QED) is 0.924. The Morgan fingerprint density at radius 1 is 1.00 bits per heavy atom. The number of halogens is 2. The van der Waals surface area contributed by atoms with Gasteiger partial charge < -0.3 is 14.6 Å². The minimum atomic E-state index is -0.967. The molecule has 2 aromatic rings. The van der Waals surface area contributed by atoms with Crippen molar-refractivity contribution in [2.45, 2.75) is 6.10 Å². The Bertz CT molecular complexity index is 592. The molecule has 0 spiro atoms. The first-order chi connectivity index (χ1) is 9.58. The molecule has 0 saturated carbocycles. The average Bonchev–Trinajstić information content (AvgIpc) is 2.45. The van der Waals surface area contributed by atoms with Gasteiger partial charge in [-0.15, -0.1) is 0 Å². The van der Waals surface area contributed by atoms with Gasteiger partial charge in [-0.3, -0.25) is 0 Å². The molecule has 106 valence electrons. The zero-order valence-corrected chi connectivity index (χ0v) is 12.6. The number of methoxy groups -OCH3 is 2. The lowest BCUT2D eigenvalue weighted by atomic mass is 9.99. The zero-order valence-electron chi connectivity index (χ0n) is 11.1. The maximum Gasteiger partial charge on any atom is 0.128 e. The Morgan fingerprint density at radius 3 is 2.10 bits per heavy atom. The van der Waals surface area contributed by atoms with E-state index >= 15 is 0 Å². The van der Waals surface area contributed by atoms with Gasteiger partial charge in [0.05, 0.1) is 19.8 Å². The minimum absolute atomic E-state index is 0.387. The van der Waals surface area contributed by atoms with Gasteiger partial charge in [0.2, 0.25) is 0 Å². The number of hydrogen-bond donors (Lipinski definition) is 1. The summed E-state index contributed by atoms with van der Waals surface area (Å²) in [6.07, 6.45) is -0.967. The largest absolute Gasteiger partial charge is 0.496 e. The highest BCUT2D eigenvalue weighted by molar-refractivity contribution is 6.35. The predicted octanol–water partition coefficient (Wildman–Crippen LogP) is 4.09. The number of aliphatic hydroxyl groups excluding tert-OH is 1. The highest BCUT2D eigenvalue weighted by Gasteiger charge is 2.22. The second-order valence-corrected chi connectivity index (χ2v) is 4.99. The van der Waals surface area contributed by atoms with E-state index in [2.05, 4.69) is 0 Å². The highest BCUT2D eigenvalue weighted by atomic mass is 35.5. The summed E-state index contributed by atoms with van der Waals surface area (Å²) >= 11 is 12.0. The molecule has 0 fully saturated rings. The molecule has 0 aromatic heterocycles. The monoisotopic (exact) mass is 312 g/mol. The van der Waals surface area contributed by atoms with Gasteiger partial charge in [-0.2, -0.15) is 0 Å². The normalized spacial score (nSPS) is 12.1. The summed E-state index contributed by atoms with van der Waals surface area (Å²) < 4.78 is 10.6. The Labute approximate surface area is 127 Å². The Hall–Kier alpha value is -1.42. The highest BCUT2D eigenvalue weighted by Crippen LogP contribution is 2.39. The number of ether oxygens (including phenoxy) is 2. The lowest BCUT2D eigenvalue weighted by Crippen LogP contribution is -2.05. The third-order valence-corrected chi connectivity index (χ3v) is 3.56. The van der Waals surface area contributed by atoms with E-state index in [4.69, 9.17) is 32.7 Å². The Balaban J connectivity index is 2.55. The van der Waals surface area contributed by atoms with Crippen molar-refractivity contribution in [2.24, 2.45) is 0 Å². The van der Waals surface area contributed by atoms with Gasteiger partial charge >= 0.3 is 0 Å². The van der Waals surface area contributed by atoms with E-state index in [1.807, 2.05) is 0 Å². The van der Waals surface area contributed by atoms with Crippen LogP contribution in [0.1, 0.15) is 17.2 Å². The average molecular weight is 313 g/mol. The van der Waals surface area contributed by atoms with E-state index in [0.29, 0.717) is 32.7 Å². The molecule has 0 aliphatic heterocycles. The van der Waals surface area contributed by atoms with Crippen LogP contribution in [0.2, 0.25) is 10.0 Å². The molecule has 0 aliphatic carbocycles. The SMILES string of the molecule is COc1cccc(OC)c1C(O)c1ccc(Cl)cc1Cl. The number of aliphatic hydroxyl groups is 1. The van der Waals surface area contributed by atoms with Crippen molar-refractivity contribution in [1.29, 1.82) is 0 Å². The molecule has 2 rings (SSSR count). The van der Waals surface area contributed by atoms with Crippen LogP contribution in [-0.4, -0.2) is 19.3 Å². The van der Waals surface area contributed by atoms with Crippen LogP contribution in [0, 0.1) is 0 Å². The second-order valence-electron chi connectivity index (χ2n) is 4.14. The topological polar surface area (TPSA) is 38.7 Å². The van der Waals surface area contributed by atoms with Gasteiger partial charge in [0, 0.05) is 15.6 Å². The van der Waals surface area contributed by atoms with Crippen LogP contribution in [0.15, 0.2) is 36.4 Å². The third kappa shape index (κ3) is 2.85. The molecule has 1 atom stereocenters. The lowest BCUT2D eigenvalue weighted by Gasteiger charge is -2.19. The molecular weight excluding hydrogens is 299 g/mol. The maximum atomic E-state index is 10.6. The standard InChI is InChI=1S/C15H14Cl2O3/c1-19-12-4-3-5-13(20-2)14(12)15(18)10-7-6-9(16)8-11(10)17/h3-8,15,18H,1-2H3. The van der Waals surface area contributed by atoms with E-state index in [0.717, 1.165) is 0 Å². The molecule has 0 saturated heterocycles. The number of benzene rings is 2. The first-order valence-corrected chi connectivity index (χ1v) is 6.68. The van der Waals surface area contributed by atoms with Crippen molar-refractivity contribution in [3.8, 4) is 11.5 Å². The van der Waals surface area contributed by atoms with Gasteiger partial charge in [-0.05, 0) is 24.3 Å². The molecule has 3 nitrogen and oxygen atoms in total. The summed E-state index contributed by atoms with van der Waals surface area (Å²) in [4.78, 5) is 0. The lowest BCUT2D eigenvalue weighted by molar-refractivity contribution is 0.209. The Kier molecular flexibility index (Phi) is 4.76. The summed E-state index contributed by atoms with van der Waals surface area (Å²) in [6.45, 7) is 0. The summed E-state index contributed by atoms with van der Waals surface area (Å²) in [5, 5.41) is 11.5. The van der Waals surface area contributed by atoms with Crippen LogP contribution in [0.3, 0.4) is 0 Å². The molecule has 0 bridgehead atoms. The van der Waals surface area contributed by atoms with Gasteiger partial charge in [-0.1, -0.05) is 35.3 Å². The molecule has 2 aromatic carbocycles. The summed E-state index contributed by atoms with van der Waals surface area (Å²) in [5.74, 6) is 1.06. The van der Waals surface area contributed by atoms with Gasteiger partial charge in [0.1, 0.15) is 17.6 Å². The van der Waals surface area contributed by atoms with Crippen molar-refractivity contribution in [1.82, 2.24) is 0 Å². The van der Waals surface area contributed by atoms with E-state index < -0.39 is 6.10 Å². The summed E-state index contributed by atoms with van der Waals surface area (Å²) in [7, 11) is 3.07. The van der Waals surface area contributed by atoms with Crippen LogP contribution in [0.5, 0.6) is 11.5 Å². The van der Waals surface area contributed by atoms with Crippen LogP contribution >= 0.6 is 23.2 Å². The van der Waals surface area contributed by atoms with Crippen LogP contribution in [0.25, 0.3) is 0 Å². The van der Waals surface area contributed by atoms with Crippen LogP contribution in [-0.2, 0) is 0 Å². The van der Waals surface area contributed by atoms with E-state index in [9.17, 15) is 5.11 Å². The van der Waals surface area contributed by atoms with Crippen LogP contribution < -0.4 is 9.47 Å². The van der Waals surface area contributed by atoms with Crippen LogP contribution in [0.4, 0.5) is 0 Å².